The van der Waals surface area contributed by atoms with E-state index in [0.717, 1.165) is 11.1 Å². The molecule has 0 aliphatic heterocycles. The monoisotopic (exact) mass is 448 g/mol. The quantitative estimate of drug-likeness (QED) is 0.545. The summed E-state index contributed by atoms with van der Waals surface area (Å²) in [6, 6.07) is 19.0. The average molecular weight is 449 g/mol. The molecule has 1 aromatic heterocycles. The molecule has 3 rings (SSSR count). The van der Waals surface area contributed by atoms with Crippen molar-refractivity contribution >= 4 is 38.2 Å². The number of nitrogens with one attached hydrogen (secondary N) is 1. The standard InChI is InChI=1S/C19H17BrN2O2S2/c20-17-11-21-12-18(19(17)25)26(23,24)22(13-15-7-3-1-4-8-15)14-16-9-5-2-6-10-16/h1-12H,13-14H2,(H,21,25). The summed E-state index contributed by atoms with van der Waals surface area (Å²) in [4.78, 5) is 2.93. The third kappa shape index (κ3) is 4.29. The van der Waals surface area contributed by atoms with Crippen LogP contribution in [0.4, 0.5) is 0 Å². The largest absolute Gasteiger partial charge is 0.365 e. The van der Waals surface area contributed by atoms with Gasteiger partial charge in [0.25, 0.3) is 0 Å². The Bertz CT molecular complexity index is 994. The number of nitrogens with zero attached hydrogens (tertiary/aromatic N) is 1. The predicted octanol–water partition coefficient (Wildman–Crippen LogP) is 4.90. The number of H-pyrrole nitrogens is 1. The number of aromatic amines is 1. The van der Waals surface area contributed by atoms with E-state index in [4.69, 9.17) is 12.2 Å². The molecular formula is C19H17BrN2O2S2. The maximum absolute atomic E-state index is 13.3. The minimum atomic E-state index is -3.78. The fraction of sp³-hybridized carbons (Fsp3) is 0.105. The highest BCUT2D eigenvalue weighted by atomic mass is 79.9. The molecule has 0 atom stereocenters. The van der Waals surface area contributed by atoms with Crippen molar-refractivity contribution in [2.75, 3.05) is 0 Å². The van der Waals surface area contributed by atoms with Crippen LogP contribution in [0.5, 0.6) is 0 Å². The number of hydrogen-bond acceptors (Lipinski definition) is 3. The van der Waals surface area contributed by atoms with Crippen molar-refractivity contribution in [1.29, 1.82) is 0 Å². The van der Waals surface area contributed by atoms with E-state index in [1.54, 1.807) is 6.20 Å². The molecule has 134 valence electrons. The lowest BCUT2D eigenvalue weighted by Crippen LogP contribution is -2.30. The first kappa shape index (κ1) is 19.0. The van der Waals surface area contributed by atoms with Crippen LogP contribution in [0.25, 0.3) is 0 Å². The zero-order chi connectivity index (χ0) is 18.6. The SMILES string of the molecule is O=S(=O)(c1c[nH]cc(Br)c1=S)N(Cc1ccccc1)Cc1ccccc1. The number of aromatic nitrogens is 1. The van der Waals surface area contributed by atoms with E-state index in [-0.39, 0.29) is 22.5 Å². The molecule has 0 aliphatic carbocycles. The topological polar surface area (TPSA) is 53.2 Å². The molecule has 0 bridgehead atoms. The Morgan fingerprint density at radius 1 is 0.885 bits per heavy atom. The van der Waals surface area contributed by atoms with Gasteiger partial charge in [-0.25, -0.2) is 8.42 Å². The van der Waals surface area contributed by atoms with E-state index in [9.17, 15) is 8.42 Å². The van der Waals surface area contributed by atoms with E-state index < -0.39 is 10.0 Å². The Balaban J connectivity index is 2.03. The minimum absolute atomic E-state index is 0.0914. The maximum Gasteiger partial charge on any atom is 0.246 e. The van der Waals surface area contributed by atoms with Crippen molar-refractivity contribution in [3.05, 3.63) is 93.2 Å². The summed E-state index contributed by atoms with van der Waals surface area (Å²) in [5.41, 5.74) is 1.83. The molecule has 0 spiro atoms. The second-order valence-corrected chi connectivity index (χ2v) is 8.91. The van der Waals surface area contributed by atoms with E-state index >= 15 is 0 Å². The van der Waals surface area contributed by atoms with Crippen molar-refractivity contribution in [2.24, 2.45) is 0 Å². The first-order valence-electron chi connectivity index (χ1n) is 7.93. The molecule has 2 aromatic carbocycles. The first-order chi connectivity index (χ1) is 12.5. The molecule has 0 unspecified atom stereocenters. The molecule has 0 saturated heterocycles. The first-order valence-corrected chi connectivity index (χ1v) is 10.6. The minimum Gasteiger partial charge on any atom is -0.365 e. The molecule has 7 heteroatoms. The summed E-state index contributed by atoms with van der Waals surface area (Å²) in [5.74, 6) is 0. The molecule has 0 aliphatic rings. The van der Waals surface area contributed by atoms with E-state index in [1.807, 2.05) is 60.7 Å². The lowest BCUT2D eigenvalue weighted by molar-refractivity contribution is 0.400. The zero-order valence-corrected chi connectivity index (χ0v) is 17.0. The van der Waals surface area contributed by atoms with Gasteiger partial charge in [-0.3, -0.25) is 0 Å². The van der Waals surface area contributed by atoms with Gasteiger partial charge in [0.05, 0.1) is 8.98 Å². The van der Waals surface area contributed by atoms with Crippen LogP contribution in [0.1, 0.15) is 11.1 Å². The fourth-order valence-electron chi connectivity index (χ4n) is 2.57. The molecule has 0 fully saturated rings. The smallest absolute Gasteiger partial charge is 0.246 e. The number of rotatable bonds is 6. The zero-order valence-electron chi connectivity index (χ0n) is 13.8. The molecular weight excluding hydrogens is 432 g/mol. The lowest BCUT2D eigenvalue weighted by atomic mass is 10.2. The Morgan fingerprint density at radius 3 is 1.88 bits per heavy atom. The van der Waals surface area contributed by atoms with Crippen LogP contribution in [-0.2, 0) is 23.1 Å². The summed E-state index contributed by atoms with van der Waals surface area (Å²) in [7, 11) is -3.78. The van der Waals surface area contributed by atoms with Crippen LogP contribution in [-0.4, -0.2) is 17.7 Å². The molecule has 1 heterocycles. The van der Waals surface area contributed by atoms with Gasteiger partial charge in [0.1, 0.15) is 4.90 Å². The van der Waals surface area contributed by atoms with Gasteiger partial charge < -0.3 is 4.98 Å². The van der Waals surface area contributed by atoms with Crippen LogP contribution >= 0.6 is 28.1 Å². The Labute approximate surface area is 166 Å². The van der Waals surface area contributed by atoms with Gasteiger partial charge in [0.15, 0.2) is 0 Å². The maximum atomic E-state index is 13.3. The van der Waals surface area contributed by atoms with Crippen molar-refractivity contribution in [1.82, 2.24) is 9.29 Å². The molecule has 0 radical (unpaired) electrons. The predicted molar refractivity (Wildman–Crippen MR) is 109 cm³/mol. The number of sulfonamides is 1. The third-order valence-electron chi connectivity index (χ3n) is 3.89. The van der Waals surface area contributed by atoms with Gasteiger partial charge in [-0.05, 0) is 27.1 Å². The highest BCUT2D eigenvalue weighted by molar-refractivity contribution is 9.10. The Kier molecular flexibility index (Phi) is 6.03. The molecule has 26 heavy (non-hydrogen) atoms. The van der Waals surface area contributed by atoms with Gasteiger partial charge in [0, 0.05) is 25.5 Å². The number of pyridine rings is 1. The van der Waals surface area contributed by atoms with Crippen LogP contribution < -0.4 is 0 Å². The summed E-state index contributed by atoms with van der Waals surface area (Å²) >= 11 is 8.62. The van der Waals surface area contributed by atoms with Crippen LogP contribution in [0, 0.1) is 4.51 Å². The second-order valence-electron chi connectivity index (χ2n) is 5.74. The Morgan fingerprint density at radius 2 is 1.38 bits per heavy atom. The summed E-state index contributed by atoms with van der Waals surface area (Å²) in [5, 5.41) is 0. The van der Waals surface area contributed by atoms with Gasteiger partial charge in [0.2, 0.25) is 10.0 Å². The number of hydrogen-bond donors (Lipinski definition) is 1. The molecule has 1 N–H and O–H groups in total. The highest BCUT2D eigenvalue weighted by Gasteiger charge is 2.27. The van der Waals surface area contributed by atoms with E-state index in [2.05, 4.69) is 20.9 Å². The molecule has 4 nitrogen and oxygen atoms in total. The van der Waals surface area contributed by atoms with Crippen molar-refractivity contribution in [3.63, 3.8) is 0 Å². The number of benzene rings is 2. The summed E-state index contributed by atoms with van der Waals surface area (Å²) in [6.07, 6.45) is 3.06. The lowest BCUT2D eigenvalue weighted by Gasteiger charge is -2.22. The highest BCUT2D eigenvalue weighted by Crippen LogP contribution is 2.24. The summed E-state index contributed by atoms with van der Waals surface area (Å²) in [6.45, 7) is 0.526. The van der Waals surface area contributed by atoms with Crippen LogP contribution in [0.2, 0.25) is 0 Å². The van der Waals surface area contributed by atoms with Crippen LogP contribution in [0.15, 0.2) is 82.4 Å². The second kappa shape index (κ2) is 8.26. The molecule has 0 amide bonds. The van der Waals surface area contributed by atoms with Crippen molar-refractivity contribution < 1.29 is 8.42 Å². The van der Waals surface area contributed by atoms with Crippen LogP contribution in [0.3, 0.4) is 0 Å². The van der Waals surface area contributed by atoms with Gasteiger partial charge in [-0.15, -0.1) is 0 Å². The average Bonchev–Trinajstić information content (AvgIpc) is 2.65. The normalized spacial score (nSPS) is 11.6. The number of halogens is 1. The third-order valence-corrected chi connectivity index (χ3v) is 7.16. The van der Waals surface area contributed by atoms with E-state index in [1.165, 1.54) is 10.5 Å². The van der Waals surface area contributed by atoms with Gasteiger partial charge in [-0.2, -0.15) is 4.31 Å². The molecule has 3 aromatic rings. The summed E-state index contributed by atoms with van der Waals surface area (Å²) < 4.78 is 28.9. The van der Waals surface area contributed by atoms with Crippen molar-refractivity contribution in [3.8, 4) is 0 Å². The van der Waals surface area contributed by atoms with Gasteiger partial charge in [-0.1, -0.05) is 72.9 Å². The van der Waals surface area contributed by atoms with E-state index in [0.29, 0.717) is 4.47 Å². The molecule has 0 saturated carbocycles. The van der Waals surface area contributed by atoms with Crippen molar-refractivity contribution in [2.45, 2.75) is 18.0 Å². The Hall–Kier alpha value is -1.80. The fourth-order valence-corrected chi connectivity index (χ4v) is 4.96. The van der Waals surface area contributed by atoms with Gasteiger partial charge >= 0.3 is 0 Å².